The normalized spacial score (nSPS) is 14.5. The van der Waals surface area contributed by atoms with Crippen LogP contribution >= 0.6 is 0 Å². The SMILES string of the molecule is C=CC(C(=O)NCCNC(=O)C(C=C)S(=O)(=O)O)S(=O)(=O)O. The van der Waals surface area contributed by atoms with Crippen LogP contribution in [0.5, 0.6) is 0 Å². The minimum atomic E-state index is -4.65. The standard InChI is InChI=1S/C10H16N2O8S2/c1-3-7(21(15,16)17)9(13)11-5-6-12-10(14)8(4-2)22(18,19)20/h3-4,7-8H,1-2,5-6H2,(H,11,13)(H,12,14)(H,15,16,17)(H,18,19,20). The molecule has 4 N–H and O–H groups in total. The summed E-state index contributed by atoms with van der Waals surface area (Å²) in [5, 5.41) is 0.460. The maximum absolute atomic E-state index is 11.4. The van der Waals surface area contributed by atoms with Crippen LogP contribution in [0.3, 0.4) is 0 Å². The lowest BCUT2D eigenvalue weighted by Gasteiger charge is -2.12. The molecular formula is C10H16N2O8S2. The fraction of sp³-hybridized carbons (Fsp3) is 0.400. The topological polar surface area (TPSA) is 167 Å². The number of rotatable bonds is 9. The first-order valence-corrected chi connectivity index (χ1v) is 8.69. The van der Waals surface area contributed by atoms with Crippen LogP contribution < -0.4 is 10.6 Å². The van der Waals surface area contributed by atoms with Crippen molar-refractivity contribution in [3.63, 3.8) is 0 Å². The number of carbonyl (C=O) groups is 2. The molecule has 0 rings (SSSR count). The van der Waals surface area contributed by atoms with E-state index in [1.54, 1.807) is 0 Å². The Kier molecular flexibility index (Phi) is 7.38. The maximum atomic E-state index is 11.4. The lowest BCUT2D eigenvalue weighted by Crippen LogP contribution is -2.44. The molecule has 0 fully saturated rings. The zero-order valence-electron chi connectivity index (χ0n) is 11.3. The van der Waals surface area contributed by atoms with Crippen molar-refractivity contribution in [3.8, 4) is 0 Å². The van der Waals surface area contributed by atoms with Gasteiger partial charge < -0.3 is 10.6 Å². The van der Waals surface area contributed by atoms with Crippen molar-refractivity contribution in [2.75, 3.05) is 13.1 Å². The van der Waals surface area contributed by atoms with Gasteiger partial charge in [-0.1, -0.05) is 12.2 Å². The summed E-state index contributed by atoms with van der Waals surface area (Å²) in [5.41, 5.74) is 0. The fourth-order valence-corrected chi connectivity index (χ4v) is 2.49. The van der Waals surface area contributed by atoms with Crippen LogP contribution in [-0.4, -0.2) is 61.3 Å². The lowest BCUT2D eigenvalue weighted by molar-refractivity contribution is -0.121. The Bertz CT molecular complexity index is 594. The molecular weight excluding hydrogens is 340 g/mol. The molecule has 0 aliphatic carbocycles. The van der Waals surface area contributed by atoms with Crippen LogP contribution in [0.1, 0.15) is 0 Å². The molecule has 0 aromatic heterocycles. The van der Waals surface area contributed by atoms with Crippen molar-refractivity contribution in [2.45, 2.75) is 10.5 Å². The van der Waals surface area contributed by atoms with E-state index >= 15 is 0 Å². The molecule has 0 bridgehead atoms. The first-order valence-electron chi connectivity index (χ1n) is 5.68. The molecule has 0 radical (unpaired) electrons. The summed E-state index contributed by atoms with van der Waals surface area (Å²) in [6.07, 6.45) is 1.44. The van der Waals surface area contributed by atoms with Crippen LogP contribution in [0, 0.1) is 0 Å². The molecule has 0 spiro atoms. The smallest absolute Gasteiger partial charge is 0.280 e. The van der Waals surface area contributed by atoms with Gasteiger partial charge >= 0.3 is 0 Å². The predicted octanol–water partition coefficient (Wildman–Crippen LogP) is -1.90. The Morgan fingerprint density at radius 2 is 1.14 bits per heavy atom. The maximum Gasteiger partial charge on any atom is 0.280 e. The highest BCUT2D eigenvalue weighted by molar-refractivity contribution is 7.87. The average Bonchev–Trinajstić information content (AvgIpc) is 2.32. The van der Waals surface area contributed by atoms with E-state index in [-0.39, 0.29) is 13.1 Å². The van der Waals surface area contributed by atoms with Crippen molar-refractivity contribution in [1.29, 1.82) is 0 Å². The first kappa shape index (κ1) is 20.2. The van der Waals surface area contributed by atoms with E-state index in [4.69, 9.17) is 9.11 Å². The summed E-state index contributed by atoms with van der Waals surface area (Å²) in [5.74, 6) is -2.14. The minimum Gasteiger partial charge on any atom is -0.353 e. The predicted molar refractivity (Wildman–Crippen MR) is 77.1 cm³/mol. The van der Waals surface area contributed by atoms with Gasteiger partial charge in [0.1, 0.15) is 0 Å². The van der Waals surface area contributed by atoms with Gasteiger partial charge in [0.05, 0.1) is 0 Å². The second-order valence-corrected chi connectivity index (χ2v) is 7.00. The number of hydrogen-bond donors (Lipinski definition) is 4. The Morgan fingerprint density at radius 1 is 0.864 bits per heavy atom. The monoisotopic (exact) mass is 356 g/mol. The van der Waals surface area contributed by atoms with E-state index in [9.17, 15) is 26.4 Å². The van der Waals surface area contributed by atoms with E-state index in [0.717, 1.165) is 12.2 Å². The van der Waals surface area contributed by atoms with E-state index in [2.05, 4.69) is 23.8 Å². The van der Waals surface area contributed by atoms with E-state index in [1.807, 2.05) is 0 Å². The second-order valence-electron chi connectivity index (χ2n) is 3.92. The summed E-state index contributed by atoms with van der Waals surface area (Å²) in [6.45, 7) is 5.68. The summed E-state index contributed by atoms with van der Waals surface area (Å²) in [4.78, 5) is 22.9. The van der Waals surface area contributed by atoms with Gasteiger partial charge in [0.25, 0.3) is 20.2 Å². The Balaban J connectivity index is 4.45. The summed E-state index contributed by atoms with van der Waals surface area (Å²) in [7, 11) is -9.30. The van der Waals surface area contributed by atoms with Gasteiger partial charge in [0.15, 0.2) is 10.5 Å². The van der Waals surface area contributed by atoms with Crippen LogP contribution in [0.4, 0.5) is 0 Å². The molecule has 0 saturated heterocycles. The second kappa shape index (κ2) is 8.03. The molecule has 0 heterocycles. The molecule has 0 aliphatic heterocycles. The largest absolute Gasteiger partial charge is 0.353 e. The highest BCUT2D eigenvalue weighted by Crippen LogP contribution is 2.00. The molecule has 12 heteroatoms. The van der Waals surface area contributed by atoms with Crippen LogP contribution in [0.2, 0.25) is 0 Å². The molecule has 0 aromatic rings. The highest BCUT2D eigenvalue weighted by Gasteiger charge is 2.28. The number of nitrogens with one attached hydrogen (secondary N) is 2. The molecule has 0 saturated carbocycles. The number of amides is 2. The molecule has 10 nitrogen and oxygen atoms in total. The van der Waals surface area contributed by atoms with Gasteiger partial charge in [-0.25, -0.2) is 0 Å². The summed E-state index contributed by atoms with van der Waals surface area (Å²) in [6, 6.07) is 0. The fourth-order valence-electron chi connectivity index (χ4n) is 1.30. The van der Waals surface area contributed by atoms with E-state index in [0.29, 0.717) is 0 Å². The van der Waals surface area contributed by atoms with Gasteiger partial charge in [-0.3, -0.25) is 18.7 Å². The van der Waals surface area contributed by atoms with Crippen LogP contribution in [0.25, 0.3) is 0 Å². The number of carbonyl (C=O) groups excluding carboxylic acids is 2. The number of hydrogen-bond acceptors (Lipinski definition) is 6. The highest BCUT2D eigenvalue weighted by atomic mass is 32.2. The molecule has 22 heavy (non-hydrogen) atoms. The third-order valence-corrected chi connectivity index (χ3v) is 4.41. The molecule has 2 unspecified atom stereocenters. The zero-order chi connectivity index (χ0) is 17.6. The zero-order valence-corrected chi connectivity index (χ0v) is 12.9. The average molecular weight is 356 g/mol. The van der Waals surface area contributed by atoms with Crippen molar-refractivity contribution in [2.24, 2.45) is 0 Å². The quantitative estimate of drug-likeness (QED) is 0.211. The Hall–Kier alpha value is -1.76. The van der Waals surface area contributed by atoms with Gasteiger partial charge in [0.2, 0.25) is 11.8 Å². The molecule has 0 aromatic carbocycles. The first-order chi connectivity index (χ1) is 9.95. The van der Waals surface area contributed by atoms with Gasteiger partial charge in [-0.2, -0.15) is 16.8 Å². The van der Waals surface area contributed by atoms with E-state index in [1.165, 1.54) is 0 Å². The van der Waals surface area contributed by atoms with Crippen molar-refractivity contribution < 1.29 is 35.5 Å². The van der Waals surface area contributed by atoms with Gasteiger partial charge in [-0.15, -0.1) is 13.2 Å². The van der Waals surface area contributed by atoms with Gasteiger partial charge in [-0.05, 0) is 0 Å². The van der Waals surface area contributed by atoms with Crippen molar-refractivity contribution in [1.82, 2.24) is 10.6 Å². The third kappa shape index (κ3) is 6.34. The Labute approximate surface area is 127 Å². The molecule has 0 aliphatic rings. The van der Waals surface area contributed by atoms with Crippen LogP contribution in [-0.2, 0) is 29.8 Å². The third-order valence-electron chi connectivity index (χ3n) is 2.31. The lowest BCUT2D eigenvalue weighted by atomic mass is 10.3. The van der Waals surface area contributed by atoms with Crippen molar-refractivity contribution >= 4 is 32.1 Å². The van der Waals surface area contributed by atoms with Gasteiger partial charge in [0, 0.05) is 13.1 Å². The summed E-state index contributed by atoms with van der Waals surface area (Å²) < 4.78 is 60.8. The molecule has 2 atom stereocenters. The minimum absolute atomic E-state index is 0.250. The summed E-state index contributed by atoms with van der Waals surface area (Å²) >= 11 is 0. The van der Waals surface area contributed by atoms with E-state index < -0.39 is 42.6 Å². The molecule has 2 amide bonds. The Morgan fingerprint density at radius 3 is 1.32 bits per heavy atom. The van der Waals surface area contributed by atoms with Crippen LogP contribution in [0.15, 0.2) is 25.3 Å². The molecule has 126 valence electrons. The van der Waals surface area contributed by atoms with Crippen molar-refractivity contribution in [3.05, 3.63) is 25.3 Å².